The molecule has 1 fully saturated rings. The normalized spacial score (nSPS) is 16.5. The Balaban J connectivity index is 1.95. The molecule has 5 nitrogen and oxygen atoms in total. The minimum absolute atomic E-state index is 0.00527. The Morgan fingerprint density at radius 3 is 2.62 bits per heavy atom. The van der Waals surface area contributed by atoms with Gasteiger partial charge in [0.1, 0.15) is 4.90 Å². The van der Waals surface area contributed by atoms with Gasteiger partial charge in [-0.05, 0) is 25.0 Å². The molecule has 0 aromatic heterocycles. The molecule has 0 spiro atoms. The quantitative estimate of drug-likeness (QED) is 0.618. The van der Waals surface area contributed by atoms with Crippen LogP contribution in [0.5, 0.6) is 0 Å². The van der Waals surface area contributed by atoms with E-state index < -0.39 is 26.6 Å². The summed E-state index contributed by atoms with van der Waals surface area (Å²) in [6.45, 7) is 0.186. The smallest absolute Gasteiger partial charge is 0.243 e. The Morgan fingerprint density at radius 2 is 1.95 bits per heavy atom. The van der Waals surface area contributed by atoms with Gasteiger partial charge in [-0.1, -0.05) is 12.8 Å². The van der Waals surface area contributed by atoms with Crippen LogP contribution in [0.15, 0.2) is 17.0 Å². The van der Waals surface area contributed by atoms with Gasteiger partial charge in [-0.3, -0.25) is 0 Å². The molecule has 0 unspecified atom stereocenters. The second-order valence-electron chi connectivity index (χ2n) is 4.99. The molecule has 1 saturated carbocycles. The lowest BCUT2D eigenvalue weighted by Crippen LogP contribution is -2.29. The molecule has 1 aliphatic rings. The van der Waals surface area contributed by atoms with Gasteiger partial charge in [-0.15, -0.1) is 0 Å². The number of ether oxygens (including phenoxy) is 1. The first-order valence-electron chi connectivity index (χ1n) is 6.76. The van der Waals surface area contributed by atoms with Gasteiger partial charge >= 0.3 is 0 Å². The summed E-state index contributed by atoms with van der Waals surface area (Å²) in [5.74, 6) is -2.73. The Kier molecular flexibility index (Phi) is 5.13. The average molecular weight is 320 g/mol. The summed E-state index contributed by atoms with van der Waals surface area (Å²) in [6, 6.07) is 1.62. The number of anilines is 1. The summed E-state index contributed by atoms with van der Waals surface area (Å²) < 4.78 is 58.3. The molecule has 118 valence electrons. The molecule has 2 rings (SSSR count). The van der Waals surface area contributed by atoms with Crippen LogP contribution >= 0.6 is 0 Å². The van der Waals surface area contributed by atoms with Gasteiger partial charge in [-0.25, -0.2) is 21.9 Å². The molecule has 0 aliphatic heterocycles. The molecule has 8 heteroatoms. The van der Waals surface area contributed by atoms with E-state index in [-0.39, 0.29) is 24.9 Å². The third-order valence-corrected chi connectivity index (χ3v) is 4.82. The number of sulfonamides is 1. The Morgan fingerprint density at radius 1 is 1.29 bits per heavy atom. The second-order valence-corrected chi connectivity index (χ2v) is 6.73. The van der Waals surface area contributed by atoms with Gasteiger partial charge in [0.05, 0.1) is 12.7 Å². The number of nitrogens with one attached hydrogen (secondary N) is 1. The summed E-state index contributed by atoms with van der Waals surface area (Å²) in [6.07, 6.45) is 4.34. The largest absolute Gasteiger partial charge is 0.399 e. The zero-order valence-electron chi connectivity index (χ0n) is 11.4. The monoisotopic (exact) mass is 320 g/mol. The van der Waals surface area contributed by atoms with Gasteiger partial charge in [-0.2, -0.15) is 0 Å². The maximum absolute atomic E-state index is 13.6. The zero-order valence-corrected chi connectivity index (χ0v) is 12.3. The van der Waals surface area contributed by atoms with Crippen LogP contribution in [0.4, 0.5) is 14.5 Å². The molecule has 1 aromatic carbocycles. The summed E-state index contributed by atoms with van der Waals surface area (Å²) in [5.41, 5.74) is 5.18. The van der Waals surface area contributed by atoms with E-state index in [1.165, 1.54) is 0 Å². The van der Waals surface area contributed by atoms with E-state index in [1.54, 1.807) is 0 Å². The third-order valence-electron chi connectivity index (χ3n) is 3.36. The summed E-state index contributed by atoms with van der Waals surface area (Å²) in [4.78, 5) is -0.791. The number of nitrogen functional groups attached to an aromatic ring is 1. The maximum atomic E-state index is 13.6. The highest BCUT2D eigenvalue weighted by atomic mass is 32.2. The van der Waals surface area contributed by atoms with Crippen LogP contribution in [0.1, 0.15) is 25.7 Å². The first-order chi connectivity index (χ1) is 9.90. The molecule has 3 N–H and O–H groups in total. The fourth-order valence-corrected chi connectivity index (χ4v) is 3.45. The summed E-state index contributed by atoms with van der Waals surface area (Å²) >= 11 is 0. The lowest BCUT2D eigenvalue weighted by atomic mass is 10.3. The topological polar surface area (TPSA) is 81.4 Å². The standard InChI is InChI=1S/C13H18F2N2O3S/c14-11-7-9(16)8-12(13(11)15)21(18,19)17-5-6-20-10-3-1-2-4-10/h7-8,10,17H,1-6,16H2. The van der Waals surface area contributed by atoms with E-state index >= 15 is 0 Å². The summed E-state index contributed by atoms with van der Waals surface area (Å²) in [7, 11) is -4.16. The van der Waals surface area contributed by atoms with Crippen molar-refractivity contribution in [2.75, 3.05) is 18.9 Å². The van der Waals surface area contributed by atoms with Crippen molar-refractivity contribution >= 4 is 15.7 Å². The van der Waals surface area contributed by atoms with E-state index in [9.17, 15) is 17.2 Å². The second kappa shape index (κ2) is 6.67. The first-order valence-corrected chi connectivity index (χ1v) is 8.24. The van der Waals surface area contributed by atoms with Crippen molar-refractivity contribution in [2.24, 2.45) is 0 Å². The van der Waals surface area contributed by atoms with Crippen LogP contribution in [-0.2, 0) is 14.8 Å². The highest BCUT2D eigenvalue weighted by molar-refractivity contribution is 7.89. The molecule has 0 atom stereocenters. The number of hydrogen-bond donors (Lipinski definition) is 2. The number of nitrogens with two attached hydrogens (primary N) is 1. The molecule has 1 aliphatic carbocycles. The SMILES string of the molecule is Nc1cc(F)c(F)c(S(=O)(=O)NCCOC2CCCC2)c1. The number of benzene rings is 1. The van der Waals surface area contributed by atoms with Crippen LogP contribution < -0.4 is 10.5 Å². The van der Waals surface area contributed by atoms with Gasteiger partial charge in [0.2, 0.25) is 10.0 Å². The average Bonchev–Trinajstić information content (AvgIpc) is 2.92. The fraction of sp³-hybridized carbons (Fsp3) is 0.538. The lowest BCUT2D eigenvalue weighted by molar-refractivity contribution is 0.0626. The van der Waals surface area contributed by atoms with Crippen LogP contribution in [0.3, 0.4) is 0 Å². The number of rotatable bonds is 6. The van der Waals surface area contributed by atoms with E-state index in [1.807, 2.05) is 0 Å². The Hall–Kier alpha value is -1.25. The van der Waals surface area contributed by atoms with Crippen LogP contribution in [0, 0.1) is 11.6 Å². The molecule has 0 saturated heterocycles. The molecular formula is C13H18F2N2O3S. The fourth-order valence-electron chi connectivity index (χ4n) is 2.31. The van der Waals surface area contributed by atoms with Crippen molar-refractivity contribution < 1.29 is 21.9 Å². The molecule has 0 amide bonds. The predicted molar refractivity (Wildman–Crippen MR) is 74.2 cm³/mol. The molecule has 1 aromatic rings. The minimum atomic E-state index is -4.16. The highest BCUT2D eigenvalue weighted by Gasteiger charge is 2.22. The van der Waals surface area contributed by atoms with Gasteiger partial charge < -0.3 is 10.5 Å². The summed E-state index contributed by atoms with van der Waals surface area (Å²) in [5, 5.41) is 0. The molecule has 0 radical (unpaired) electrons. The predicted octanol–water partition coefficient (Wildman–Crippen LogP) is 1.78. The Bertz CT molecular complexity index is 602. The molecular weight excluding hydrogens is 302 g/mol. The van der Waals surface area contributed by atoms with Crippen LogP contribution in [0.2, 0.25) is 0 Å². The highest BCUT2D eigenvalue weighted by Crippen LogP contribution is 2.22. The third kappa shape index (κ3) is 4.12. The molecule has 0 bridgehead atoms. The van der Waals surface area contributed by atoms with Crippen molar-refractivity contribution in [2.45, 2.75) is 36.7 Å². The number of hydrogen-bond acceptors (Lipinski definition) is 4. The van der Waals surface area contributed by atoms with Crippen molar-refractivity contribution in [1.29, 1.82) is 0 Å². The van der Waals surface area contributed by atoms with Gasteiger partial charge in [0.25, 0.3) is 0 Å². The van der Waals surface area contributed by atoms with E-state index in [4.69, 9.17) is 10.5 Å². The zero-order chi connectivity index (χ0) is 15.5. The van der Waals surface area contributed by atoms with Crippen molar-refractivity contribution in [3.63, 3.8) is 0 Å². The van der Waals surface area contributed by atoms with Crippen molar-refractivity contribution in [3.8, 4) is 0 Å². The van der Waals surface area contributed by atoms with Crippen LogP contribution in [-0.4, -0.2) is 27.7 Å². The van der Waals surface area contributed by atoms with Crippen molar-refractivity contribution in [1.82, 2.24) is 4.72 Å². The Labute approximate surface area is 122 Å². The van der Waals surface area contributed by atoms with Gasteiger partial charge in [0.15, 0.2) is 11.6 Å². The lowest BCUT2D eigenvalue weighted by Gasteiger charge is -2.12. The van der Waals surface area contributed by atoms with E-state index in [0.717, 1.165) is 37.8 Å². The molecule has 0 heterocycles. The van der Waals surface area contributed by atoms with E-state index in [2.05, 4.69) is 4.72 Å². The van der Waals surface area contributed by atoms with Gasteiger partial charge in [0, 0.05) is 12.2 Å². The first kappa shape index (κ1) is 16.1. The number of halogens is 2. The molecule has 21 heavy (non-hydrogen) atoms. The minimum Gasteiger partial charge on any atom is -0.399 e. The van der Waals surface area contributed by atoms with Crippen LogP contribution in [0.25, 0.3) is 0 Å². The van der Waals surface area contributed by atoms with E-state index in [0.29, 0.717) is 0 Å². The maximum Gasteiger partial charge on any atom is 0.243 e. The van der Waals surface area contributed by atoms with Crippen molar-refractivity contribution in [3.05, 3.63) is 23.8 Å².